The lowest BCUT2D eigenvalue weighted by Crippen LogP contribution is -2.63. The Labute approximate surface area is 262 Å². The van der Waals surface area contributed by atoms with Gasteiger partial charge >= 0.3 is 0 Å². The highest BCUT2D eigenvalue weighted by molar-refractivity contribution is 5.34. The zero-order valence-corrected chi connectivity index (χ0v) is 27.7. The number of hydrogen-bond donors (Lipinski definition) is 5. The Morgan fingerprint density at radius 1 is 0.795 bits per heavy atom. The maximum absolute atomic E-state index is 12.4. The van der Waals surface area contributed by atoms with E-state index in [-0.39, 0.29) is 69.7 Å². The first kappa shape index (κ1) is 30.9. The normalized spacial score (nSPS) is 62.2. The minimum atomic E-state index is -1.31. The smallest absolute Gasteiger partial charge is 0.186 e. The number of aliphatic hydroxyl groups is 5. The summed E-state index contributed by atoms with van der Waals surface area (Å²) < 4.78 is 25.9. The highest BCUT2D eigenvalue weighted by atomic mass is 16.8. The van der Waals surface area contributed by atoms with E-state index in [2.05, 4.69) is 34.6 Å². The molecule has 3 aliphatic heterocycles. The highest BCUT2D eigenvalue weighted by Gasteiger charge is 2.87. The van der Waals surface area contributed by atoms with Crippen LogP contribution in [0.15, 0.2) is 0 Å². The van der Waals surface area contributed by atoms with Gasteiger partial charge < -0.3 is 44.5 Å². The zero-order valence-electron chi connectivity index (χ0n) is 27.7. The van der Waals surface area contributed by atoms with Crippen LogP contribution in [0.5, 0.6) is 0 Å². The SMILES string of the molecule is C[C@@H]1C[C@H]2O[C@]3(C[C@@]4(C)[C@H]5[C@@H](O)C[C@@H]6C(C)(C)[C@@H](O[C@H]7OC[C@@H](O)[C@@H](O)[C@H]7O)CC[C@@]67C[C@@]57CC[C@]4(C)[C@@H]13)O[C@@H]2C(C)(C)O. The van der Waals surface area contributed by atoms with Crippen molar-refractivity contribution in [2.24, 2.45) is 50.7 Å². The molecule has 0 radical (unpaired) electrons. The van der Waals surface area contributed by atoms with Crippen LogP contribution in [0.25, 0.3) is 0 Å². The minimum Gasteiger partial charge on any atom is -0.393 e. The van der Waals surface area contributed by atoms with Crippen molar-refractivity contribution in [2.45, 2.75) is 160 Å². The van der Waals surface area contributed by atoms with Crippen molar-refractivity contribution in [2.75, 3.05) is 6.61 Å². The third kappa shape index (κ3) is 3.53. The third-order valence-electron chi connectivity index (χ3n) is 15.7. The minimum absolute atomic E-state index is 0.0465. The molecule has 2 bridgehead atoms. The first-order valence-corrected chi connectivity index (χ1v) is 17.4. The Balaban J connectivity index is 1.10. The van der Waals surface area contributed by atoms with E-state index in [1.54, 1.807) is 0 Å². The Bertz CT molecular complexity index is 1200. The summed E-state index contributed by atoms with van der Waals surface area (Å²) in [6, 6.07) is 0. The standard InChI is InChI=1S/C35H56O9/c1-17-12-20-27(30(4,5)40)44-35(43-20)15-32(7)26-18(36)13-21-29(2,3)22(42-28-24(39)23(38)19(37)14-41-28)8-9-33(21)16-34(26,33)11-10-31(32,6)25(17)35/h17-28,36-40H,8-16H2,1-7H3/t17-,18+,19-,20-,21-,22+,23-,24-,25-,26-,27+,28-,31-,32+,33-,34+,35-/m1/s1. The van der Waals surface area contributed by atoms with Crippen LogP contribution in [0.1, 0.15) is 99.8 Å². The maximum Gasteiger partial charge on any atom is 0.186 e. The van der Waals surface area contributed by atoms with Crippen LogP contribution in [-0.4, -0.2) is 92.5 Å². The lowest BCUT2D eigenvalue weighted by atomic mass is 9.41. The second-order valence-electron chi connectivity index (χ2n) is 18.4. The van der Waals surface area contributed by atoms with E-state index in [0.717, 1.165) is 44.9 Å². The maximum atomic E-state index is 12.4. The van der Waals surface area contributed by atoms with Crippen molar-refractivity contribution in [3.05, 3.63) is 0 Å². The molecule has 5 saturated carbocycles. The van der Waals surface area contributed by atoms with Crippen molar-refractivity contribution in [3.8, 4) is 0 Å². The van der Waals surface area contributed by atoms with Gasteiger partial charge in [0, 0.05) is 12.3 Å². The van der Waals surface area contributed by atoms with Crippen LogP contribution in [-0.2, 0) is 18.9 Å². The predicted molar refractivity (Wildman–Crippen MR) is 159 cm³/mol. The molecule has 5 N–H and O–H groups in total. The van der Waals surface area contributed by atoms with E-state index in [9.17, 15) is 25.5 Å². The van der Waals surface area contributed by atoms with Crippen molar-refractivity contribution in [1.29, 1.82) is 0 Å². The van der Waals surface area contributed by atoms with Crippen molar-refractivity contribution in [1.82, 2.24) is 0 Å². The molecule has 44 heavy (non-hydrogen) atoms. The highest BCUT2D eigenvalue weighted by Crippen LogP contribution is 2.90. The molecule has 8 fully saturated rings. The molecule has 0 aromatic rings. The van der Waals surface area contributed by atoms with Crippen molar-refractivity contribution in [3.63, 3.8) is 0 Å². The van der Waals surface area contributed by atoms with E-state index in [4.69, 9.17) is 18.9 Å². The van der Waals surface area contributed by atoms with Crippen LogP contribution in [0.4, 0.5) is 0 Å². The van der Waals surface area contributed by atoms with Gasteiger partial charge in [-0.05, 0) is 104 Å². The molecule has 0 amide bonds. The second kappa shape index (κ2) is 9.00. The van der Waals surface area contributed by atoms with Crippen LogP contribution in [0.3, 0.4) is 0 Å². The molecule has 3 heterocycles. The first-order valence-electron chi connectivity index (χ1n) is 17.4. The summed E-state index contributed by atoms with van der Waals surface area (Å²) in [5.41, 5.74) is -1.28. The first-order chi connectivity index (χ1) is 20.4. The summed E-state index contributed by atoms with van der Waals surface area (Å²) >= 11 is 0. The molecule has 250 valence electrons. The number of hydrogen-bond acceptors (Lipinski definition) is 9. The second-order valence-corrected chi connectivity index (χ2v) is 18.4. The molecule has 17 atom stereocenters. The molecule has 3 spiro atoms. The molecule has 3 saturated heterocycles. The molecule has 0 aromatic carbocycles. The predicted octanol–water partition coefficient (Wildman–Crippen LogP) is 3.12. The zero-order chi connectivity index (χ0) is 31.6. The summed E-state index contributed by atoms with van der Waals surface area (Å²) in [6.45, 7) is 15.4. The molecule has 9 heteroatoms. The summed E-state index contributed by atoms with van der Waals surface area (Å²) in [6.07, 6.45) is 1.70. The number of ether oxygens (including phenoxy) is 4. The molecular weight excluding hydrogens is 564 g/mol. The molecule has 8 aliphatic rings. The molecule has 8 rings (SSSR count). The summed E-state index contributed by atoms with van der Waals surface area (Å²) in [4.78, 5) is 0. The largest absolute Gasteiger partial charge is 0.393 e. The topological polar surface area (TPSA) is 138 Å². The van der Waals surface area contributed by atoms with Gasteiger partial charge in [0.1, 0.15) is 24.4 Å². The van der Waals surface area contributed by atoms with E-state index in [0.29, 0.717) is 12.3 Å². The number of aliphatic hydroxyl groups excluding tert-OH is 4. The fraction of sp³-hybridized carbons (Fsp3) is 1.00. The van der Waals surface area contributed by atoms with Gasteiger partial charge in [-0.3, -0.25) is 0 Å². The van der Waals surface area contributed by atoms with Gasteiger partial charge in [-0.15, -0.1) is 0 Å². The molecular formula is C35H56O9. The molecule has 0 unspecified atom stereocenters. The van der Waals surface area contributed by atoms with Gasteiger partial charge in [0.05, 0.1) is 30.5 Å². The van der Waals surface area contributed by atoms with Gasteiger partial charge in [0.15, 0.2) is 12.1 Å². The van der Waals surface area contributed by atoms with Crippen molar-refractivity contribution < 1.29 is 44.5 Å². The van der Waals surface area contributed by atoms with Gasteiger partial charge in [-0.1, -0.05) is 34.6 Å². The van der Waals surface area contributed by atoms with Gasteiger partial charge in [0.25, 0.3) is 0 Å². The summed E-state index contributed by atoms with van der Waals surface area (Å²) in [5.74, 6) is 0.319. The number of fused-ring (bicyclic) bond motifs is 4. The molecule has 9 nitrogen and oxygen atoms in total. The number of rotatable bonds is 3. The van der Waals surface area contributed by atoms with E-state index in [1.807, 2.05) is 13.8 Å². The monoisotopic (exact) mass is 620 g/mol. The lowest BCUT2D eigenvalue weighted by Gasteiger charge is -2.64. The fourth-order valence-corrected chi connectivity index (χ4v) is 14.0. The van der Waals surface area contributed by atoms with Crippen LogP contribution >= 0.6 is 0 Å². The van der Waals surface area contributed by atoms with E-state index >= 15 is 0 Å². The van der Waals surface area contributed by atoms with Crippen LogP contribution < -0.4 is 0 Å². The van der Waals surface area contributed by atoms with Gasteiger partial charge in [-0.2, -0.15) is 0 Å². The van der Waals surface area contributed by atoms with Crippen molar-refractivity contribution >= 4 is 0 Å². The third-order valence-corrected chi connectivity index (χ3v) is 15.7. The summed E-state index contributed by atoms with van der Waals surface area (Å²) in [7, 11) is 0. The van der Waals surface area contributed by atoms with Gasteiger partial charge in [-0.25, -0.2) is 0 Å². The Morgan fingerprint density at radius 2 is 1.52 bits per heavy atom. The quantitative estimate of drug-likeness (QED) is 0.301. The lowest BCUT2D eigenvalue weighted by molar-refractivity contribution is -0.304. The molecule has 0 aromatic heterocycles. The van der Waals surface area contributed by atoms with Gasteiger partial charge in [0.2, 0.25) is 0 Å². The van der Waals surface area contributed by atoms with E-state index < -0.39 is 42.1 Å². The Hall–Kier alpha value is -0.360. The summed E-state index contributed by atoms with van der Waals surface area (Å²) in [5, 5.41) is 54.2. The average Bonchev–Trinajstić information content (AvgIpc) is 3.38. The van der Waals surface area contributed by atoms with Crippen LogP contribution in [0, 0.1) is 50.7 Å². The van der Waals surface area contributed by atoms with E-state index in [1.165, 1.54) is 0 Å². The fourth-order valence-electron chi connectivity index (χ4n) is 14.0. The van der Waals surface area contributed by atoms with Crippen LogP contribution in [0.2, 0.25) is 0 Å². The Kier molecular flexibility index (Phi) is 6.33. The Morgan fingerprint density at radius 3 is 2.23 bits per heavy atom. The average molecular weight is 621 g/mol. The molecule has 5 aliphatic carbocycles.